The number of nitrogens with one attached hydrogen (secondary N) is 1. The van der Waals surface area contributed by atoms with Crippen LogP contribution < -0.4 is 5.32 Å². The molecule has 1 aromatic carbocycles. The topological polar surface area (TPSA) is 52.6 Å². The van der Waals surface area contributed by atoms with Gasteiger partial charge in [-0.25, -0.2) is 0 Å². The molecular formula is C24H40N2O2. The molecule has 1 aromatic rings. The van der Waals surface area contributed by atoms with Crippen LogP contribution in [0.25, 0.3) is 0 Å². The Bertz CT molecular complexity index is 631. The van der Waals surface area contributed by atoms with Crippen LogP contribution in [0.1, 0.15) is 84.6 Å². The van der Waals surface area contributed by atoms with Gasteiger partial charge in [-0.2, -0.15) is 0 Å². The molecule has 158 valence electrons. The Labute approximate surface area is 171 Å². The van der Waals surface area contributed by atoms with Crippen LogP contribution in [0.4, 0.5) is 5.69 Å². The second-order valence-electron chi connectivity index (χ2n) is 8.81. The second kappa shape index (κ2) is 10.8. The molecule has 1 saturated heterocycles. The summed E-state index contributed by atoms with van der Waals surface area (Å²) in [6.45, 7) is 12.4. The summed E-state index contributed by atoms with van der Waals surface area (Å²) in [7, 11) is 0. The number of phenolic OH excluding ortho intramolecular Hbond substituents is 1. The first-order valence-electron chi connectivity index (χ1n) is 11.3. The highest BCUT2D eigenvalue weighted by molar-refractivity contribution is 5.92. The predicted octanol–water partition coefficient (Wildman–Crippen LogP) is 5.70. The van der Waals surface area contributed by atoms with Crippen molar-refractivity contribution in [3.8, 4) is 5.75 Å². The number of rotatable bonds is 10. The fourth-order valence-corrected chi connectivity index (χ4v) is 4.25. The lowest BCUT2D eigenvalue weighted by molar-refractivity contribution is -0.116. The molecular weight excluding hydrogens is 348 g/mol. The highest BCUT2D eigenvalue weighted by Crippen LogP contribution is 2.41. The predicted molar refractivity (Wildman–Crippen MR) is 118 cm³/mol. The van der Waals surface area contributed by atoms with Gasteiger partial charge in [0.15, 0.2) is 0 Å². The Balaban J connectivity index is 1.98. The third-order valence-corrected chi connectivity index (χ3v) is 6.58. The van der Waals surface area contributed by atoms with E-state index in [1.807, 2.05) is 12.1 Å². The molecule has 0 aromatic heterocycles. The number of amides is 1. The van der Waals surface area contributed by atoms with Crippen molar-refractivity contribution in [2.45, 2.75) is 84.5 Å². The molecule has 0 spiro atoms. The van der Waals surface area contributed by atoms with E-state index in [0.29, 0.717) is 18.0 Å². The van der Waals surface area contributed by atoms with Crippen LogP contribution in [0.2, 0.25) is 0 Å². The first kappa shape index (κ1) is 22.7. The SMILES string of the molecule is CCCCCCN1CC[C@](C)(c2ccc(NC(=O)CCCC)c(O)c2)[C@@H](C)C1. The zero-order chi connectivity index (χ0) is 20.6. The van der Waals surface area contributed by atoms with Crippen molar-refractivity contribution in [2.24, 2.45) is 5.92 Å². The number of likely N-dealkylation sites (tertiary alicyclic amines) is 1. The van der Waals surface area contributed by atoms with Gasteiger partial charge >= 0.3 is 0 Å². The van der Waals surface area contributed by atoms with Gasteiger partial charge in [-0.05, 0) is 61.4 Å². The number of carbonyl (C=O) groups is 1. The summed E-state index contributed by atoms with van der Waals surface area (Å²) in [6, 6.07) is 5.81. The quantitative estimate of drug-likeness (QED) is 0.399. The second-order valence-corrected chi connectivity index (χ2v) is 8.81. The van der Waals surface area contributed by atoms with Gasteiger partial charge in [0.05, 0.1) is 5.69 Å². The highest BCUT2D eigenvalue weighted by atomic mass is 16.3. The van der Waals surface area contributed by atoms with E-state index in [0.717, 1.165) is 32.4 Å². The number of benzene rings is 1. The summed E-state index contributed by atoms with van der Waals surface area (Å²) in [5.74, 6) is 0.676. The fourth-order valence-electron chi connectivity index (χ4n) is 4.25. The van der Waals surface area contributed by atoms with Crippen molar-refractivity contribution >= 4 is 11.6 Å². The van der Waals surface area contributed by atoms with Crippen molar-refractivity contribution in [3.63, 3.8) is 0 Å². The maximum absolute atomic E-state index is 12.0. The molecule has 0 radical (unpaired) electrons. The van der Waals surface area contributed by atoms with Gasteiger partial charge in [0.25, 0.3) is 0 Å². The molecule has 0 aliphatic carbocycles. The van der Waals surface area contributed by atoms with Crippen molar-refractivity contribution in [1.82, 2.24) is 4.90 Å². The van der Waals surface area contributed by atoms with E-state index in [1.54, 1.807) is 0 Å². The fraction of sp³-hybridized carbons (Fsp3) is 0.708. The van der Waals surface area contributed by atoms with Gasteiger partial charge in [0.2, 0.25) is 5.91 Å². The molecule has 0 bridgehead atoms. The maximum Gasteiger partial charge on any atom is 0.224 e. The number of phenols is 1. The highest BCUT2D eigenvalue weighted by Gasteiger charge is 2.38. The lowest BCUT2D eigenvalue weighted by atomic mass is 9.68. The zero-order valence-corrected chi connectivity index (χ0v) is 18.4. The van der Waals surface area contributed by atoms with Crippen LogP contribution in [0.3, 0.4) is 0 Å². The molecule has 1 aliphatic heterocycles. The third kappa shape index (κ3) is 5.97. The minimum atomic E-state index is -0.0270. The molecule has 28 heavy (non-hydrogen) atoms. The van der Waals surface area contributed by atoms with Crippen LogP contribution in [0.15, 0.2) is 18.2 Å². The summed E-state index contributed by atoms with van der Waals surface area (Å²) in [5.41, 5.74) is 1.76. The summed E-state index contributed by atoms with van der Waals surface area (Å²) >= 11 is 0. The molecule has 1 amide bonds. The van der Waals surface area contributed by atoms with Gasteiger partial charge in [-0.3, -0.25) is 4.79 Å². The van der Waals surface area contributed by atoms with Crippen LogP contribution in [0.5, 0.6) is 5.75 Å². The van der Waals surface area contributed by atoms with Gasteiger partial charge in [0, 0.05) is 13.0 Å². The molecule has 2 atom stereocenters. The van der Waals surface area contributed by atoms with Crippen LogP contribution in [-0.2, 0) is 10.2 Å². The lowest BCUT2D eigenvalue weighted by Crippen LogP contribution is -2.47. The Morgan fingerprint density at radius 2 is 1.96 bits per heavy atom. The van der Waals surface area contributed by atoms with Crippen LogP contribution in [-0.4, -0.2) is 35.5 Å². The standard InChI is InChI=1S/C24H40N2O2/c1-5-7-9-10-15-26-16-14-24(4,19(3)18-26)20-12-13-21(22(27)17-20)25-23(28)11-8-6-2/h12-13,17,19,27H,5-11,14-16,18H2,1-4H3,(H,25,28)/t19-,24-/m0/s1. The average molecular weight is 389 g/mol. The number of carbonyl (C=O) groups excluding carboxylic acids is 1. The van der Waals surface area contributed by atoms with Crippen molar-refractivity contribution in [1.29, 1.82) is 0 Å². The van der Waals surface area contributed by atoms with E-state index in [-0.39, 0.29) is 17.1 Å². The molecule has 2 rings (SSSR count). The lowest BCUT2D eigenvalue weighted by Gasteiger charge is -2.45. The number of unbranched alkanes of at least 4 members (excludes halogenated alkanes) is 4. The first-order chi connectivity index (χ1) is 13.4. The Morgan fingerprint density at radius 3 is 2.61 bits per heavy atom. The summed E-state index contributed by atoms with van der Waals surface area (Å²) in [4.78, 5) is 14.6. The van der Waals surface area contributed by atoms with E-state index in [9.17, 15) is 9.90 Å². The number of hydrogen-bond donors (Lipinski definition) is 2. The van der Waals surface area contributed by atoms with Crippen molar-refractivity contribution in [2.75, 3.05) is 25.0 Å². The summed E-state index contributed by atoms with van der Waals surface area (Å²) in [6.07, 6.45) is 8.71. The molecule has 0 unspecified atom stereocenters. The molecule has 4 heteroatoms. The van der Waals surface area contributed by atoms with E-state index in [1.165, 1.54) is 37.8 Å². The number of anilines is 1. The minimum Gasteiger partial charge on any atom is -0.506 e. The van der Waals surface area contributed by atoms with E-state index in [2.05, 4.69) is 44.0 Å². The summed E-state index contributed by atoms with van der Waals surface area (Å²) in [5, 5.41) is 13.3. The molecule has 1 fully saturated rings. The smallest absolute Gasteiger partial charge is 0.224 e. The summed E-state index contributed by atoms with van der Waals surface area (Å²) < 4.78 is 0. The molecule has 1 heterocycles. The van der Waals surface area contributed by atoms with E-state index in [4.69, 9.17) is 0 Å². The van der Waals surface area contributed by atoms with Gasteiger partial charge in [0.1, 0.15) is 5.75 Å². The Morgan fingerprint density at radius 1 is 1.21 bits per heavy atom. The van der Waals surface area contributed by atoms with E-state index >= 15 is 0 Å². The Hall–Kier alpha value is -1.55. The first-order valence-corrected chi connectivity index (χ1v) is 11.3. The van der Waals surface area contributed by atoms with Gasteiger partial charge < -0.3 is 15.3 Å². The number of hydrogen-bond acceptors (Lipinski definition) is 3. The van der Waals surface area contributed by atoms with Crippen LogP contribution in [0, 0.1) is 5.92 Å². The minimum absolute atomic E-state index is 0.0270. The third-order valence-electron chi connectivity index (χ3n) is 6.58. The number of aromatic hydroxyl groups is 1. The molecule has 0 saturated carbocycles. The normalized spacial score (nSPS) is 22.9. The maximum atomic E-state index is 12.0. The monoisotopic (exact) mass is 388 g/mol. The molecule has 2 N–H and O–H groups in total. The number of nitrogens with zero attached hydrogens (tertiary/aromatic N) is 1. The van der Waals surface area contributed by atoms with E-state index < -0.39 is 0 Å². The van der Waals surface area contributed by atoms with Crippen molar-refractivity contribution < 1.29 is 9.90 Å². The zero-order valence-electron chi connectivity index (χ0n) is 18.4. The molecule has 1 aliphatic rings. The Kier molecular flexibility index (Phi) is 8.81. The van der Waals surface area contributed by atoms with Crippen molar-refractivity contribution in [3.05, 3.63) is 23.8 Å². The van der Waals surface area contributed by atoms with Crippen LogP contribution >= 0.6 is 0 Å². The average Bonchev–Trinajstić information content (AvgIpc) is 2.68. The number of piperidine rings is 1. The molecule has 4 nitrogen and oxygen atoms in total. The largest absolute Gasteiger partial charge is 0.506 e. The van der Waals surface area contributed by atoms with Gasteiger partial charge in [-0.15, -0.1) is 0 Å². The van der Waals surface area contributed by atoms with Gasteiger partial charge in [-0.1, -0.05) is 59.4 Å².